The van der Waals surface area contributed by atoms with Gasteiger partial charge < -0.3 is 14.9 Å². The van der Waals surface area contributed by atoms with Crippen LogP contribution in [0.1, 0.15) is 47.2 Å². The zero-order valence-electron chi connectivity index (χ0n) is 18.2. The largest absolute Gasteiger partial charge is 0.480 e. The number of fused-ring (bicyclic) bond motifs is 1. The Balaban J connectivity index is 1.17. The lowest BCUT2D eigenvalue weighted by Gasteiger charge is -2.40. The minimum Gasteiger partial charge on any atom is -0.480 e. The Morgan fingerprint density at radius 1 is 0.938 bits per heavy atom. The van der Waals surface area contributed by atoms with Crippen LogP contribution >= 0.6 is 0 Å². The first-order valence-electron chi connectivity index (χ1n) is 11.5. The van der Waals surface area contributed by atoms with Gasteiger partial charge in [-0.2, -0.15) is 0 Å². The standard InChI is InChI=1S/C24H29N5O3/c30-22(19-14-25-24(26-15-19)29-10-3-6-21(29)23(31)32)27-12-8-20(9-13-27)28-11-7-17-4-1-2-5-18(17)16-28/h1-2,4-5,14-15,20-21H,3,6-13,16H2,(H,31,32)/t21-/m1/s1. The molecular weight excluding hydrogens is 406 g/mol. The van der Waals surface area contributed by atoms with E-state index in [1.54, 1.807) is 4.90 Å². The first kappa shape index (κ1) is 20.9. The van der Waals surface area contributed by atoms with Crippen LogP contribution in [0.3, 0.4) is 0 Å². The maximum atomic E-state index is 13.0. The molecule has 2 aromatic rings. The van der Waals surface area contributed by atoms with E-state index in [0.29, 0.717) is 30.5 Å². The molecule has 0 unspecified atom stereocenters. The predicted octanol–water partition coefficient (Wildman–Crippen LogP) is 2.19. The Morgan fingerprint density at radius 3 is 2.38 bits per heavy atom. The van der Waals surface area contributed by atoms with Crippen molar-refractivity contribution >= 4 is 17.8 Å². The number of likely N-dealkylation sites (tertiary alicyclic amines) is 1. The second-order valence-corrected chi connectivity index (χ2v) is 8.97. The van der Waals surface area contributed by atoms with Gasteiger partial charge >= 0.3 is 5.97 Å². The van der Waals surface area contributed by atoms with E-state index in [4.69, 9.17) is 0 Å². The number of nitrogens with zero attached hydrogens (tertiary/aromatic N) is 5. The number of aliphatic carboxylic acids is 1. The van der Waals surface area contributed by atoms with E-state index < -0.39 is 12.0 Å². The van der Waals surface area contributed by atoms with E-state index in [9.17, 15) is 14.7 Å². The maximum absolute atomic E-state index is 13.0. The fourth-order valence-corrected chi connectivity index (χ4v) is 5.29. The van der Waals surface area contributed by atoms with Crippen LogP contribution in [-0.4, -0.2) is 75.0 Å². The Morgan fingerprint density at radius 2 is 1.66 bits per heavy atom. The molecule has 4 heterocycles. The van der Waals surface area contributed by atoms with Crippen molar-refractivity contribution < 1.29 is 14.7 Å². The van der Waals surface area contributed by atoms with Crippen LogP contribution in [0.5, 0.6) is 0 Å². The number of carboxylic acid groups (broad SMARTS) is 1. The molecule has 3 aliphatic heterocycles. The Kier molecular flexibility index (Phi) is 5.78. The lowest BCUT2D eigenvalue weighted by atomic mass is 9.95. The number of carbonyl (C=O) groups excluding carboxylic acids is 1. The number of amides is 1. The van der Waals surface area contributed by atoms with E-state index in [1.807, 2.05) is 4.90 Å². The molecule has 2 fully saturated rings. The van der Waals surface area contributed by atoms with Gasteiger partial charge in [0.1, 0.15) is 6.04 Å². The molecule has 0 aliphatic carbocycles. The number of piperidine rings is 1. The number of carbonyl (C=O) groups is 2. The van der Waals surface area contributed by atoms with Crippen LogP contribution in [0.15, 0.2) is 36.7 Å². The van der Waals surface area contributed by atoms with Crippen molar-refractivity contribution in [2.45, 2.75) is 50.7 Å². The van der Waals surface area contributed by atoms with Crippen molar-refractivity contribution in [1.29, 1.82) is 0 Å². The van der Waals surface area contributed by atoms with Crippen LogP contribution in [0, 0.1) is 0 Å². The van der Waals surface area contributed by atoms with Gasteiger partial charge in [0.2, 0.25) is 5.95 Å². The second kappa shape index (κ2) is 8.86. The third-order valence-electron chi connectivity index (χ3n) is 7.11. The molecule has 1 aromatic heterocycles. The molecule has 8 nitrogen and oxygen atoms in total. The highest BCUT2D eigenvalue weighted by Gasteiger charge is 2.33. The van der Waals surface area contributed by atoms with Gasteiger partial charge in [-0.3, -0.25) is 9.69 Å². The average molecular weight is 436 g/mol. The Labute approximate surface area is 187 Å². The number of rotatable bonds is 4. The highest BCUT2D eigenvalue weighted by atomic mass is 16.4. The summed E-state index contributed by atoms with van der Waals surface area (Å²) in [7, 11) is 0. The summed E-state index contributed by atoms with van der Waals surface area (Å²) < 4.78 is 0. The summed E-state index contributed by atoms with van der Waals surface area (Å²) in [5.41, 5.74) is 3.35. The third-order valence-corrected chi connectivity index (χ3v) is 7.11. The fraction of sp³-hybridized carbons (Fsp3) is 0.500. The van der Waals surface area contributed by atoms with Crippen LogP contribution in [0.25, 0.3) is 0 Å². The normalized spacial score (nSPS) is 22.1. The summed E-state index contributed by atoms with van der Waals surface area (Å²) in [6, 6.07) is 8.61. The monoisotopic (exact) mass is 435 g/mol. The SMILES string of the molecule is O=C(O)[C@H]1CCCN1c1ncc(C(=O)N2CCC(N3CCc4ccccc4C3)CC2)cn1. The Bertz CT molecular complexity index is 987. The molecule has 1 atom stereocenters. The zero-order chi connectivity index (χ0) is 22.1. The highest BCUT2D eigenvalue weighted by molar-refractivity contribution is 5.93. The summed E-state index contributed by atoms with van der Waals surface area (Å²) >= 11 is 0. The highest BCUT2D eigenvalue weighted by Crippen LogP contribution is 2.26. The van der Waals surface area contributed by atoms with Crippen LogP contribution < -0.4 is 4.90 Å². The molecule has 1 amide bonds. The summed E-state index contributed by atoms with van der Waals surface area (Å²) in [5.74, 6) is -0.517. The minimum atomic E-state index is -0.855. The molecule has 2 saturated heterocycles. The van der Waals surface area contributed by atoms with Gasteiger partial charge in [-0.15, -0.1) is 0 Å². The van der Waals surface area contributed by atoms with E-state index in [2.05, 4.69) is 39.1 Å². The molecular formula is C24H29N5O3. The summed E-state index contributed by atoms with van der Waals surface area (Å²) in [4.78, 5) is 39.2. The predicted molar refractivity (Wildman–Crippen MR) is 120 cm³/mol. The van der Waals surface area contributed by atoms with Crippen molar-refractivity contribution in [1.82, 2.24) is 19.8 Å². The summed E-state index contributed by atoms with van der Waals surface area (Å²) in [5, 5.41) is 9.36. The molecule has 1 N–H and O–H groups in total. The summed E-state index contributed by atoms with van der Waals surface area (Å²) in [6.07, 6.45) is 7.52. The Hall–Kier alpha value is -3.00. The quantitative estimate of drug-likeness (QED) is 0.787. The van der Waals surface area contributed by atoms with Crippen molar-refractivity contribution in [3.63, 3.8) is 0 Å². The first-order valence-corrected chi connectivity index (χ1v) is 11.5. The van der Waals surface area contributed by atoms with Gasteiger partial charge in [0.05, 0.1) is 5.56 Å². The van der Waals surface area contributed by atoms with Crippen molar-refractivity contribution in [3.8, 4) is 0 Å². The molecule has 5 rings (SSSR count). The van der Waals surface area contributed by atoms with Crippen LogP contribution in [0.4, 0.5) is 5.95 Å². The van der Waals surface area contributed by atoms with Gasteiger partial charge in [-0.05, 0) is 43.2 Å². The zero-order valence-corrected chi connectivity index (χ0v) is 18.2. The molecule has 0 bridgehead atoms. The second-order valence-electron chi connectivity index (χ2n) is 8.97. The number of carboxylic acids is 1. The fourth-order valence-electron chi connectivity index (χ4n) is 5.29. The molecule has 32 heavy (non-hydrogen) atoms. The number of benzene rings is 1. The van der Waals surface area contributed by atoms with Gasteiger partial charge in [0, 0.05) is 51.2 Å². The van der Waals surface area contributed by atoms with E-state index in [0.717, 1.165) is 51.9 Å². The lowest BCUT2D eigenvalue weighted by Crippen LogP contribution is -2.48. The molecule has 1 aromatic carbocycles. The number of hydrogen-bond donors (Lipinski definition) is 1. The molecule has 0 saturated carbocycles. The van der Waals surface area contributed by atoms with Gasteiger partial charge in [-0.25, -0.2) is 14.8 Å². The van der Waals surface area contributed by atoms with E-state index in [-0.39, 0.29) is 5.91 Å². The molecule has 0 radical (unpaired) electrons. The van der Waals surface area contributed by atoms with E-state index in [1.165, 1.54) is 23.5 Å². The van der Waals surface area contributed by atoms with E-state index >= 15 is 0 Å². The lowest BCUT2D eigenvalue weighted by molar-refractivity contribution is -0.138. The minimum absolute atomic E-state index is 0.0461. The van der Waals surface area contributed by atoms with Crippen molar-refractivity contribution in [2.75, 3.05) is 31.1 Å². The van der Waals surface area contributed by atoms with Crippen molar-refractivity contribution in [3.05, 3.63) is 53.3 Å². The van der Waals surface area contributed by atoms with Gasteiger partial charge in [0.25, 0.3) is 5.91 Å². The summed E-state index contributed by atoms with van der Waals surface area (Å²) in [6.45, 7) is 4.17. The van der Waals surface area contributed by atoms with Crippen LogP contribution in [0.2, 0.25) is 0 Å². The molecule has 168 valence electrons. The third kappa shape index (κ3) is 4.07. The number of aromatic nitrogens is 2. The number of anilines is 1. The maximum Gasteiger partial charge on any atom is 0.326 e. The topological polar surface area (TPSA) is 89.9 Å². The molecule has 0 spiro atoms. The van der Waals surface area contributed by atoms with Crippen molar-refractivity contribution in [2.24, 2.45) is 0 Å². The van der Waals surface area contributed by atoms with Crippen LogP contribution in [-0.2, 0) is 17.8 Å². The van der Waals surface area contributed by atoms with Gasteiger partial charge in [-0.1, -0.05) is 24.3 Å². The average Bonchev–Trinajstić information content (AvgIpc) is 3.34. The number of hydrogen-bond acceptors (Lipinski definition) is 6. The smallest absolute Gasteiger partial charge is 0.326 e. The molecule has 8 heteroatoms. The first-order chi connectivity index (χ1) is 15.6. The molecule has 3 aliphatic rings. The van der Waals surface area contributed by atoms with Gasteiger partial charge in [0.15, 0.2) is 0 Å².